The maximum Gasteiger partial charge on any atom is 0.129 e. The topological polar surface area (TPSA) is 35.2 Å². The second-order valence-corrected chi connectivity index (χ2v) is 5.77. The van der Waals surface area contributed by atoms with E-state index in [1.807, 2.05) is 6.07 Å². The molecule has 4 atom stereocenters. The first-order valence-corrected chi connectivity index (χ1v) is 7.21. The quantitative estimate of drug-likeness (QED) is 0.901. The summed E-state index contributed by atoms with van der Waals surface area (Å²) in [5, 5.41) is 0. The minimum atomic E-state index is -0.327. The SMILES string of the molecule is CC1CCC(OC(CN)c2ccccc2F)CC1C. The molecular formula is C16H24FNO. The monoisotopic (exact) mass is 265 g/mol. The Morgan fingerprint density at radius 3 is 2.63 bits per heavy atom. The summed E-state index contributed by atoms with van der Waals surface area (Å²) in [6.45, 7) is 4.88. The van der Waals surface area contributed by atoms with Crippen molar-refractivity contribution < 1.29 is 9.13 Å². The van der Waals surface area contributed by atoms with E-state index in [-0.39, 0.29) is 18.0 Å². The van der Waals surface area contributed by atoms with Crippen molar-refractivity contribution in [3.8, 4) is 0 Å². The second-order valence-electron chi connectivity index (χ2n) is 5.77. The van der Waals surface area contributed by atoms with Crippen LogP contribution in [0.3, 0.4) is 0 Å². The smallest absolute Gasteiger partial charge is 0.129 e. The molecule has 106 valence electrons. The van der Waals surface area contributed by atoms with Crippen molar-refractivity contribution in [2.45, 2.75) is 45.3 Å². The first kappa shape index (κ1) is 14.5. The Balaban J connectivity index is 2.02. The van der Waals surface area contributed by atoms with Crippen LogP contribution in [0.25, 0.3) is 0 Å². The number of hydrogen-bond donors (Lipinski definition) is 1. The molecule has 2 nitrogen and oxygen atoms in total. The average molecular weight is 265 g/mol. The molecule has 1 fully saturated rings. The lowest BCUT2D eigenvalue weighted by molar-refractivity contribution is -0.0461. The van der Waals surface area contributed by atoms with Gasteiger partial charge in [-0.15, -0.1) is 0 Å². The van der Waals surface area contributed by atoms with E-state index in [2.05, 4.69) is 13.8 Å². The molecule has 2 rings (SSSR count). The maximum atomic E-state index is 13.8. The minimum absolute atomic E-state index is 0.208. The Hall–Kier alpha value is -0.930. The molecule has 0 heterocycles. The van der Waals surface area contributed by atoms with Gasteiger partial charge >= 0.3 is 0 Å². The maximum absolute atomic E-state index is 13.8. The van der Waals surface area contributed by atoms with Gasteiger partial charge in [0, 0.05) is 12.1 Å². The van der Waals surface area contributed by atoms with Gasteiger partial charge in [0.1, 0.15) is 5.82 Å². The molecule has 0 aliphatic heterocycles. The van der Waals surface area contributed by atoms with Crippen molar-refractivity contribution in [3.63, 3.8) is 0 Å². The van der Waals surface area contributed by atoms with Gasteiger partial charge in [0.2, 0.25) is 0 Å². The van der Waals surface area contributed by atoms with E-state index >= 15 is 0 Å². The van der Waals surface area contributed by atoms with Crippen LogP contribution in [0.2, 0.25) is 0 Å². The van der Waals surface area contributed by atoms with E-state index in [1.165, 1.54) is 12.5 Å². The largest absolute Gasteiger partial charge is 0.369 e. The number of halogens is 1. The van der Waals surface area contributed by atoms with Crippen LogP contribution in [-0.2, 0) is 4.74 Å². The summed E-state index contributed by atoms with van der Waals surface area (Å²) in [4.78, 5) is 0. The van der Waals surface area contributed by atoms with Gasteiger partial charge in [-0.3, -0.25) is 0 Å². The van der Waals surface area contributed by atoms with Crippen LogP contribution in [0.5, 0.6) is 0 Å². The van der Waals surface area contributed by atoms with Crippen molar-refractivity contribution >= 4 is 0 Å². The molecule has 1 aliphatic rings. The zero-order chi connectivity index (χ0) is 13.8. The molecule has 0 radical (unpaired) electrons. The zero-order valence-electron chi connectivity index (χ0n) is 11.8. The standard InChI is InChI=1S/C16H24FNO/c1-11-7-8-13(9-12(11)2)19-16(10-18)14-5-3-4-6-15(14)17/h3-6,11-13,16H,7-10,18H2,1-2H3. The van der Waals surface area contributed by atoms with Crippen LogP contribution in [0.4, 0.5) is 4.39 Å². The van der Waals surface area contributed by atoms with Gasteiger partial charge in [-0.25, -0.2) is 4.39 Å². The summed E-state index contributed by atoms with van der Waals surface area (Å²) in [5.41, 5.74) is 6.34. The average Bonchev–Trinajstić information content (AvgIpc) is 2.41. The van der Waals surface area contributed by atoms with Gasteiger partial charge in [-0.1, -0.05) is 32.0 Å². The zero-order valence-corrected chi connectivity index (χ0v) is 11.8. The van der Waals surface area contributed by atoms with Crippen LogP contribution < -0.4 is 5.73 Å². The van der Waals surface area contributed by atoms with Gasteiger partial charge in [0.05, 0.1) is 12.2 Å². The predicted octanol–water partition coefficient (Wildman–Crippen LogP) is 3.67. The van der Waals surface area contributed by atoms with E-state index in [4.69, 9.17) is 10.5 Å². The lowest BCUT2D eigenvalue weighted by Gasteiger charge is -2.34. The van der Waals surface area contributed by atoms with Gasteiger partial charge in [-0.05, 0) is 37.2 Å². The molecule has 3 heteroatoms. The van der Waals surface area contributed by atoms with Gasteiger partial charge in [0.15, 0.2) is 0 Å². The summed E-state index contributed by atoms with van der Waals surface area (Å²) in [6.07, 6.45) is 3.16. The molecule has 0 spiro atoms. The first-order chi connectivity index (χ1) is 9.11. The highest BCUT2D eigenvalue weighted by molar-refractivity contribution is 5.20. The third-order valence-corrected chi connectivity index (χ3v) is 4.37. The molecule has 0 amide bonds. The lowest BCUT2D eigenvalue weighted by atomic mass is 9.80. The summed E-state index contributed by atoms with van der Waals surface area (Å²) in [7, 11) is 0. The number of rotatable bonds is 4. The van der Waals surface area contributed by atoms with Crippen LogP contribution in [0.15, 0.2) is 24.3 Å². The summed E-state index contributed by atoms with van der Waals surface area (Å²) >= 11 is 0. The summed E-state index contributed by atoms with van der Waals surface area (Å²) in [6, 6.07) is 6.75. The molecule has 0 aromatic heterocycles. The number of benzene rings is 1. The van der Waals surface area contributed by atoms with Gasteiger partial charge < -0.3 is 10.5 Å². The summed E-state index contributed by atoms with van der Waals surface area (Å²) in [5.74, 6) is 1.19. The lowest BCUT2D eigenvalue weighted by Crippen LogP contribution is -2.30. The van der Waals surface area contributed by atoms with Gasteiger partial charge in [0.25, 0.3) is 0 Å². The van der Waals surface area contributed by atoms with Crippen LogP contribution in [0.1, 0.15) is 44.8 Å². The fraction of sp³-hybridized carbons (Fsp3) is 0.625. The Bertz CT molecular complexity index is 409. The fourth-order valence-electron chi connectivity index (χ4n) is 2.85. The third-order valence-electron chi connectivity index (χ3n) is 4.37. The molecule has 1 aliphatic carbocycles. The molecule has 0 bridgehead atoms. The number of hydrogen-bond acceptors (Lipinski definition) is 2. The molecule has 4 unspecified atom stereocenters. The van der Waals surface area contributed by atoms with E-state index in [1.54, 1.807) is 12.1 Å². The molecule has 2 N–H and O–H groups in total. The molecule has 1 aromatic carbocycles. The molecule has 0 saturated heterocycles. The highest BCUT2D eigenvalue weighted by Crippen LogP contribution is 2.33. The molecule has 19 heavy (non-hydrogen) atoms. The predicted molar refractivity (Wildman–Crippen MR) is 75.2 cm³/mol. The molecular weight excluding hydrogens is 241 g/mol. The van der Waals surface area contributed by atoms with Crippen molar-refractivity contribution in [1.82, 2.24) is 0 Å². The Labute approximate surface area is 115 Å². The van der Waals surface area contributed by atoms with Crippen LogP contribution in [0, 0.1) is 17.7 Å². The Morgan fingerprint density at radius 2 is 2.00 bits per heavy atom. The Kier molecular flexibility index (Phi) is 4.94. The van der Waals surface area contributed by atoms with E-state index < -0.39 is 0 Å². The summed E-state index contributed by atoms with van der Waals surface area (Å²) < 4.78 is 19.8. The van der Waals surface area contributed by atoms with Gasteiger partial charge in [-0.2, -0.15) is 0 Å². The van der Waals surface area contributed by atoms with Crippen molar-refractivity contribution in [2.24, 2.45) is 17.6 Å². The van der Waals surface area contributed by atoms with E-state index in [0.717, 1.165) is 18.8 Å². The third kappa shape index (κ3) is 3.54. The first-order valence-electron chi connectivity index (χ1n) is 7.21. The van der Waals surface area contributed by atoms with E-state index in [9.17, 15) is 4.39 Å². The number of ether oxygens (including phenoxy) is 1. The minimum Gasteiger partial charge on any atom is -0.369 e. The van der Waals surface area contributed by atoms with Crippen molar-refractivity contribution in [3.05, 3.63) is 35.6 Å². The van der Waals surface area contributed by atoms with Crippen LogP contribution >= 0.6 is 0 Å². The van der Waals surface area contributed by atoms with Crippen LogP contribution in [-0.4, -0.2) is 12.6 Å². The van der Waals surface area contributed by atoms with Crippen molar-refractivity contribution in [1.29, 1.82) is 0 Å². The second kappa shape index (κ2) is 6.49. The molecule has 1 aromatic rings. The molecule has 1 saturated carbocycles. The van der Waals surface area contributed by atoms with E-state index in [0.29, 0.717) is 18.0 Å². The highest BCUT2D eigenvalue weighted by atomic mass is 19.1. The van der Waals surface area contributed by atoms with Crippen molar-refractivity contribution in [2.75, 3.05) is 6.54 Å². The fourth-order valence-corrected chi connectivity index (χ4v) is 2.85. The number of nitrogens with two attached hydrogens (primary N) is 1. The highest BCUT2D eigenvalue weighted by Gasteiger charge is 2.27. The Morgan fingerprint density at radius 1 is 1.26 bits per heavy atom. The normalized spacial score (nSPS) is 29.2.